The van der Waals surface area contributed by atoms with Crippen LogP contribution in [-0.2, 0) is 0 Å². The molecule has 1 fully saturated rings. The van der Waals surface area contributed by atoms with Gasteiger partial charge in [-0.3, -0.25) is 0 Å². The molecule has 0 aromatic heterocycles. The molecule has 0 bridgehead atoms. The van der Waals surface area contributed by atoms with Crippen molar-refractivity contribution in [3.63, 3.8) is 0 Å². The highest BCUT2D eigenvalue weighted by Crippen LogP contribution is 2.48. The van der Waals surface area contributed by atoms with Gasteiger partial charge in [-0.2, -0.15) is 18.4 Å². The van der Waals surface area contributed by atoms with Gasteiger partial charge in [-0.15, -0.1) is 0 Å². The van der Waals surface area contributed by atoms with E-state index in [2.05, 4.69) is 5.32 Å². The van der Waals surface area contributed by atoms with Gasteiger partial charge in [-0.05, 0) is 32.2 Å². The predicted octanol–water partition coefficient (Wildman–Crippen LogP) is 2.36. The number of nitrogens with one attached hydrogen (secondary N) is 1. The minimum atomic E-state index is -4.12. The highest BCUT2D eigenvalue weighted by Gasteiger charge is 2.62. The summed E-state index contributed by atoms with van der Waals surface area (Å²) in [6, 6.07) is 1.96. The third-order valence-corrected chi connectivity index (χ3v) is 2.47. The molecule has 0 aliphatic heterocycles. The Hall–Kier alpha value is -0.760. The van der Waals surface area contributed by atoms with Gasteiger partial charge in [0.1, 0.15) is 5.54 Å². The number of halogens is 3. The molecule has 1 aliphatic rings. The lowest BCUT2D eigenvalue weighted by molar-refractivity contribution is -0.165. The summed E-state index contributed by atoms with van der Waals surface area (Å²) in [6.07, 6.45) is -2.03. The molecule has 0 amide bonds. The molecular weight excluding hydrogens is 193 g/mol. The SMILES string of the molecule is N#CCCCCNC1(C(F)(F)F)CC1. The van der Waals surface area contributed by atoms with E-state index >= 15 is 0 Å². The van der Waals surface area contributed by atoms with E-state index in [-0.39, 0.29) is 12.8 Å². The second kappa shape index (κ2) is 4.18. The summed E-state index contributed by atoms with van der Waals surface area (Å²) in [5.74, 6) is 0. The van der Waals surface area contributed by atoms with E-state index in [1.54, 1.807) is 0 Å². The van der Waals surface area contributed by atoms with Crippen molar-refractivity contribution in [3.05, 3.63) is 0 Å². The molecule has 0 saturated heterocycles. The lowest BCUT2D eigenvalue weighted by Crippen LogP contribution is -2.45. The number of alkyl halides is 3. The molecule has 1 N–H and O–H groups in total. The molecule has 1 rings (SSSR count). The number of hydrogen-bond acceptors (Lipinski definition) is 2. The van der Waals surface area contributed by atoms with Crippen molar-refractivity contribution >= 4 is 0 Å². The smallest absolute Gasteiger partial charge is 0.304 e. The highest BCUT2D eigenvalue weighted by molar-refractivity contribution is 5.07. The van der Waals surface area contributed by atoms with E-state index in [0.717, 1.165) is 0 Å². The highest BCUT2D eigenvalue weighted by atomic mass is 19.4. The van der Waals surface area contributed by atoms with E-state index in [9.17, 15) is 13.2 Å². The van der Waals surface area contributed by atoms with Crippen LogP contribution in [0.1, 0.15) is 32.1 Å². The summed E-state index contributed by atoms with van der Waals surface area (Å²) in [4.78, 5) is 0. The first-order valence-electron chi connectivity index (χ1n) is 4.70. The van der Waals surface area contributed by atoms with Crippen molar-refractivity contribution in [2.75, 3.05) is 6.54 Å². The minimum absolute atomic E-state index is 0.189. The van der Waals surface area contributed by atoms with Gasteiger partial charge in [-0.1, -0.05) is 0 Å². The summed E-state index contributed by atoms with van der Waals surface area (Å²) >= 11 is 0. The molecule has 0 atom stereocenters. The molecule has 0 heterocycles. The minimum Gasteiger partial charge on any atom is -0.304 e. The predicted molar refractivity (Wildman–Crippen MR) is 45.5 cm³/mol. The van der Waals surface area contributed by atoms with Crippen LogP contribution in [0, 0.1) is 11.3 Å². The van der Waals surface area contributed by atoms with Crippen molar-refractivity contribution in [3.8, 4) is 6.07 Å². The molecule has 5 heteroatoms. The Balaban J connectivity index is 2.16. The summed E-state index contributed by atoms with van der Waals surface area (Å²) < 4.78 is 37.1. The van der Waals surface area contributed by atoms with E-state index in [0.29, 0.717) is 25.8 Å². The monoisotopic (exact) mass is 206 g/mol. The van der Waals surface area contributed by atoms with Gasteiger partial charge in [0.05, 0.1) is 6.07 Å². The van der Waals surface area contributed by atoms with Gasteiger partial charge in [0.2, 0.25) is 0 Å². The first-order valence-corrected chi connectivity index (χ1v) is 4.70. The van der Waals surface area contributed by atoms with Gasteiger partial charge < -0.3 is 5.32 Å². The number of rotatable bonds is 5. The van der Waals surface area contributed by atoms with Gasteiger partial charge >= 0.3 is 6.18 Å². The second-order valence-corrected chi connectivity index (χ2v) is 3.62. The molecule has 0 aromatic rings. The molecule has 0 unspecified atom stereocenters. The summed E-state index contributed by atoms with van der Waals surface area (Å²) in [7, 11) is 0. The van der Waals surface area contributed by atoms with E-state index < -0.39 is 11.7 Å². The Bertz CT molecular complexity index is 225. The lowest BCUT2D eigenvalue weighted by Gasteiger charge is -2.20. The Morgan fingerprint density at radius 2 is 1.93 bits per heavy atom. The van der Waals surface area contributed by atoms with Gasteiger partial charge in [-0.25, -0.2) is 0 Å². The third-order valence-electron chi connectivity index (χ3n) is 2.47. The molecule has 1 aliphatic carbocycles. The Labute approximate surface area is 81.1 Å². The molecule has 0 aromatic carbocycles. The third kappa shape index (κ3) is 2.61. The number of unbranched alkanes of at least 4 members (excludes halogenated alkanes) is 2. The van der Waals surface area contributed by atoms with Crippen molar-refractivity contribution < 1.29 is 13.2 Å². The fraction of sp³-hybridized carbons (Fsp3) is 0.889. The van der Waals surface area contributed by atoms with Gasteiger partial charge in [0, 0.05) is 6.42 Å². The number of nitrogens with zero attached hydrogens (tertiary/aromatic N) is 1. The number of hydrogen-bond donors (Lipinski definition) is 1. The summed E-state index contributed by atoms with van der Waals surface area (Å²) in [5.41, 5.74) is -1.60. The maximum Gasteiger partial charge on any atom is 0.406 e. The van der Waals surface area contributed by atoms with Crippen molar-refractivity contribution in [1.29, 1.82) is 5.26 Å². The maximum atomic E-state index is 12.4. The maximum absolute atomic E-state index is 12.4. The molecular formula is C9H13F3N2. The topological polar surface area (TPSA) is 35.8 Å². The molecule has 1 saturated carbocycles. The van der Waals surface area contributed by atoms with Crippen LogP contribution in [0.5, 0.6) is 0 Å². The average molecular weight is 206 g/mol. The molecule has 0 radical (unpaired) electrons. The zero-order valence-electron chi connectivity index (χ0n) is 7.82. The fourth-order valence-corrected chi connectivity index (χ4v) is 1.34. The van der Waals surface area contributed by atoms with Crippen molar-refractivity contribution in [1.82, 2.24) is 5.32 Å². The van der Waals surface area contributed by atoms with Crippen LogP contribution in [0.25, 0.3) is 0 Å². The van der Waals surface area contributed by atoms with Crippen LogP contribution >= 0.6 is 0 Å². The quantitative estimate of drug-likeness (QED) is 0.701. The lowest BCUT2D eigenvalue weighted by atomic mass is 10.2. The van der Waals surface area contributed by atoms with E-state index in [4.69, 9.17) is 5.26 Å². The van der Waals surface area contributed by atoms with Crippen LogP contribution < -0.4 is 5.32 Å². The molecule has 80 valence electrons. The zero-order chi connectivity index (χ0) is 10.7. The van der Waals surface area contributed by atoms with Crippen LogP contribution in [-0.4, -0.2) is 18.3 Å². The molecule has 14 heavy (non-hydrogen) atoms. The average Bonchev–Trinajstić information content (AvgIpc) is 2.84. The fourth-order valence-electron chi connectivity index (χ4n) is 1.34. The standard InChI is InChI=1S/C9H13F3N2/c10-9(11,12)8(4-5-8)14-7-3-1-2-6-13/h14H,1-5,7H2. The van der Waals surface area contributed by atoms with Crippen LogP contribution in [0.15, 0.2) is 0 Å². The van der Waals surface area contributed by atoms with E-state index in [1.165, 1.54) is 0 Å². The summed E-state index contributed by atoms with van der Waals surface area (Å²) in [5, 5.41) is 10.8. The first kappa shape index (κ1) is 11.3. The molecule has 2 nitrogen and oxygen atoms in total. The van der Waals surface area contributed by atoms with Crippen molar-refractivity contribution in [2.45, 2.75) is 43.8 Å². The van der Waals surface area contributed by atoms with Gasteiger partial charge in [0.15, 0.2) is 0 Å². The van der Waals surface area contributed by atoms with Crippen molar-refractivity contribution in [2.24, 2.45) is 0 Å². The Morgan fingerprint density at radius 3 is 2.36 bits per heavy atom. The van der Waals surface area contributed by atoms with Gasteiger partial charge in [0.25, 0.3) is 0 Å². The second-order valence-electron chi connectivity index (χ2n) is 3.62. The normalized spacial score (nSPS) is 19.0. The van der Waals surface area contributed by atoms with Crippen LogP contribution in [0.4, 0.5) is 13.2 Å². The van der Waals surface area contributed by atoms with E-state index in [1.807, 2.05) is 6.07 Å². The first-order chi connectivity index (χ1) is 6.52. The zero-order valence-corrected chi connectivity index (χ0v) is 7.82. The Kier molecular flexibility index (Phi) is 3.38. The summed E-state index contributed by atoms with van der Waals surface area (Å²) in [6.45, 7) is 0.348. The van der Waals surface area contributed by atoms with Crippen LogP contribution in [0.2, 0.25) is 0 Å². The molecule has 0 spiro atoms. The number of nitriles is 1. The Morgan fingerprint density at radius 1 is 1.29 bits per heavy atom. The van der Waals surface area contributed by atoms with Crippen LogP contribution in [0.3, 0.4) is 0 Å². The largest absolute Gasteiger partial charge is 0.406 e.